The van der Waals surface area contributed by atoms with Crippen LogP contribution in [0.5, 0.6) is 5.75 Å². The highest BCUT2D eigenvalue weighted by molar-refractivity contribution is 5.85. The summed E-state index contributed by atoms with van der Waals surface area (Å²) >= 11 is 0. The van der Waals surface area contributed by atoms with Crippen LogP contribution in [0.4, 0.5) is 5.69 Å². The maximum Gasteiger partial charge on any atom is 0.269 e. The van der Waals surface area contributed by atoms with Crippen molar-refractivity contribution in [1.82, 2.24) is 5.32 Å². The van der Waals surface area contributed by atoms with Gasteiger partial charge in [0.1, 0.15) is 12.4 Å². The number of ether oxygens (including phenoxy) is 1. The third-order valence-electron chi connectivity index (χ3n) is 1.97. The van der Waals surface area contributed by atoms with Crippen LogP contribution in [0.15, 0.2) is 24.3 Å². The molecule has 0 aliphatic carbocycles. The van der Waals surface area contributed by atoms with Crippen LogP contribution >= 0.6 is 12.4 Å². The molecule has 96 valence electrons. The fourth-order valence-corrected chi connectivity index (χ4v) is 1.18. The van der Waals surface area contributed by atoms with Crippen molar-refractivity contribution >= 4 is 18.1 Å². The monoisotopic (exact) mass is 260 g/mol. The van der Waals surface area contributed by atoms with Crippen LogP contribution in [-0.2, 0) is 0 Å². The molecule has 0 amide bonds. The predicted octanol–water partition coefficient (Wildman–Crippen LogP) is 2.39. The van der Waals surface area contributed by atoms with Crippen LogP contribution in [-0.4, -0.2) is 24.1 Å². The van der Waals surface area contributed by atoms with Crippen LogP contribution in [0.25, 0.3) is 0 Å². The average Bonchev–Trinajstić information content (AvgIpc) is 2.25. The molecule has 1 N–H and O–H groups in total. The molecule has 0 fully saturated rings. The number of nitrogens with zero attached hydrogens (tertiary/aromatic N) is 1. The minimum absolute atomic E-state index is 0. The molecule has 5 nitrogen and oxygen atoms in total. The second-order valence-corrected chi connectivity index (χ2v) is 3.71. The van der Waals surface area contributed by atoms with E-state index in [1.807, 2.05) is 0 Å². The van der Waals surface area contributed by atoms with Crippen LogP contribution in [0, 0.1) is 10.1 Å². The van der Waals surface area contributed by atoms with Gasteiger partial charge in [-0.3, -0.25) is 10.1 Å². The van der Waals surface area contributed by atoms with Gasteiger partial charge >= 0.3 is 0 Å². The van der Waals surface area contributed by atoms with Gasteiger partial charge in [0.2, 0.25) is 0 Å². The van der Waals surface area contributed by atoms with Gasteiger partial charge in [-0.15, -0.1) is 12.4 Å². The molecule has 0 aromatic heterocycles. The Morgan fingerprint density at radius 1 is 1.35 bits per heavy atom. The van der Waals surface area contributed by atoms with Crippen molar-refractivity contribution in [2.75, 3.05) is 13.2 Å². The Kier molecular flexibility index (Phi) is 7.25. The molecule has 17 heavy (non-hydrogen) atoms. The summed E-state index contributed by atoms with van der Waals surface area (Å²) in [5.41, 5.74) is 0.0765. The lowest BCUT2D eigenvalue weighted by atomic mass is 10.3. The van der Waals surface area contributed by atoms with Crippen LogP contribution in [0.2, 0.25) is 0 Å². The standard InChI is InChI=1S/C11H16N2O3.ClH/c1-9(2)12-7-8-16-11-5-3-10(4-6-11)13(14)15;/h3-6,9,12H,7-8H2,1-2H3;1H. The smallest absolute Gasteiger partial charge is 0.269 e. The molecule has 0 heterocycles. The van der Waals surface area contributed by atoms with Crippen molar-refractivity contribution in [3.63, 3.8) is 0 Å². The van der Waals surface area contributed by atoms with E-state index in [9.17, 15) is 10.1 Å². The van der Waals surface area contributed by atoms with E-state index < -0.39 is 4.92 Å². The summed E-state index contributed by atoms with van der Waals surface area (Å²) in [5, 5.41) is 13.6. The molecule has 0 radical (unpaired) electrons. The molecule has 6 heteroatoms. The van der Waals surface area contributed by atoms with Gasteiger partial charge in [0, 0.05) is 24.7 Å². The Hall–Kier alpha value is -1.33. The van der Waals surface area contributed by atoms with Crippen LogP contribution < -0.4 is 10.1 Å². The number of nitrogens with one attached hydrogen (secondary N) is 1. The van der Waals surface area contributed by atoms with Gasteiger partial charge in [0.25, 0.3) is 5.69 Å². The molecular formula is C11H17ClN2O3. The number of non-ortho nitro benzene ring substituents is 1. The molecule has 1 rings (SSSR count). The number of hydrogen-bond acceptors (Lipinski definition) is 4. The predicted molar refractivity (Wildman–Crippen MR) is 69.0 cm³/mol. The Bertz CT molecular complexity index is 341. The Labute approximate surface area is 107 Å². The van der Waals surface area contributed by atoms with E-state index in [4.69, 9.17) is 4.74 Å². The molecule has 0 spiro atoms. The minimum Gasteiger partial charge on any atom is -0.492 e. The molecule has 0 bridgehead atoms. The van der Waals surface area contributed by atoms with E-state index >= 15 is 0 Å². The first-order valence-electron chi connectivity index (χ1n) is 5.20. The zero-order chi connectivity index (χ0) is 12.0. The summed E-state index contributed by atoms with van der Waals surface area (Å²) in [7, 11) is 0. The lowest BCUT2D eigenvalue weighted by Crippen LogP contribution is -2.27. The molecule has 0 saturated heterocycles. The summed E-state index contributed by atoms with van der Waals surface area (Å²) < 4.78 is 5.41. The molecular weight excluding hydrogens is 244 g/mol. The third kappa shape index (κ3) is 6.09. The maximum absolute atomic E-state index is 10.4. The van der Waals surface area contributed by atoms with E-state index in [-0.39, 0.29) is 18.1 Å². The maximum atomic E-state index is 10.4. The van der Waals surface area contributed by atoms with Gasteiger partial charge in [0.05, 0.1) is 4.92 Å². The first-order chi connectivity index (χ1) is 7.59. The van der Waals surface area contributed by atoms with E-state index in [0.717, 1.165) is 6.54 Å². The van der Waals surface area contributed by atoms with E-state index in [1.165, 1.54) is 12.1 Å². The molecule has 0 unspecified atom stereocenters. The van der Waals surface area contributed by atoms with Gasteiger partial charge < -0.3 is 10.1 Å². The normalized spacial score (nSPS) is 9.82. The Morgan fingerprint density at radius 2 is 1.94 bits per heavy atom. The molecule has 0 atom stereocenters. The molecule has 0 saturated carbocycles. The van der Waals surface area contributed by atoms with Crippen molar-refractivity contribution < 1.29 is 9.66 Å². The van der Waals surface area contributed by atoms with Crippen molar-refractivity contribution in [3.05, 3.63) is 34.4 Å². The third-order valence-corrected chi connectivity index (χ3v) is 1.97. The summed E-state index contributed by atoms with van der Waals surface area (Å²) in [6.45, 7) is 5.43. The quantitative estimate of drug-likeness (QED) is 0.485. The molecule has 0 aliphatic rings. The first kappa shape index (κ1) is 15.7. The molecule has 0 aliphatic heterocycles. The fourth-order valence-electron chi connectivity index (χ4n) is 1.18. The number of nitro groups is 1. The van der Waals surface area contributed by atoms with Gasteiger partial charge in [-0.05, 0) is 12.1 Å². The summed E-state index contributed by atoms with van der Waals surface area (Å²) in [6.07, 6.45) is 0. The zero-order valence-corrected chi connectivity index (χ0v) is 10.7. The van der Waals surface area contributed by atoms with Crippen LogP contribution in [0.1, 0.15) is 13.8 Å². The lowest BCUT2D eigenvalue weighted by molar-refractivity contribution is -0.384. The highest BCUT2D eigenvalue weighted by Crippen LogP contribution is 2.16. The van der Waals surface area contributed by atoms with Gasteiger partial charge in [-0.25, -0.2) is 0 Å². The number of benzene rings is 1. The van der Waals surface area contributed by atoms with Crippen LogP contribution in [0.3, 0.4) is 0 Å². The Balaban J connectivity index is 0.00000256. The van der Waals surface area contributed by atoms with Gasteiger partial charge in [-0.2, -0.15) is 0 Å². The second-order valence-electron chi connectivity index (χ2n) is 3.71. The van der Waals surface area contributed by atoms with E-state index in [0.29, 0.717) is 18.4 Å². The summed E-state index contributed by atoms with van der Waals surface area (Å²) in [5.74, 6) is 0.649. The fraction of sp³-hybridized carbons (Fsp3) is 0.455. The number of halogens is 1. The topological polar surface area (TPSA) is 64.4 Å². The SMILES string of the molecule is CC(C)NCCOc1ccc([N+](=O)[O-])cc1.Cl. The summed E-state index contributed by atoms with van der Waals surface area (Å²) in [6, 6.07) is 6.51. The highest BCUT2D eigenvalue weighted by Gasteiger charge is 2.03. The Morgan fingerprint density at radius 3 is 2.41 bits per heavy atom. The highest BCUT2D eigenvalue weighted by atomic mass is 35.5. The zero-order valence-electron chi connectivity index (χ0n) is 9.88. The lowest BCUT2D eigenvalue weighted by Gasteiger charge is -2.09. The van der Waals surface area contributed by atoms with Crippen molar-refractivity contribution in [2.24, 2.45) is 0 Å². The van der Waals surface area contributed by atoms with Crippen molar-refractivity contribution in [3.8, 4) is 5.75 Å². The minimum atomic E-state index is -0.426. The van der Waals surface area contributed by atoms with E-state index in [1.54, 1.807) is 12.1 Å². The number of hydrogen-bond donors (Lipinski definition) is 1. The average molecular weight is 261 g/mol. The molecule has 1 aromatic rings. The van der Waals surface area contributed by atoms with Crippen molar-refractivity contribution in [1.29, 1.82) is 0 Å². The van der Waals surface area contributed by atoms with Gasteiger partial charge in [0.15, 0.2) is 0 Å². The second kappa shape index (κ2) is 7.86. The first-order valence-corrected chi connectivity index (χ1v) is 5.20. The van der Waals surface area contributed by atoms with Crippen molar-refractivity contribution in [2.45, 2.75) is 19.9 Å². The van der Waals surface area contributed by atoms with Gasteiger partial charge in [-0.1, -0.05) is 13.8 Å². The molecule has 1 aromatic carbocycles. The summed E-state index contributed by atoms with van der Waals surface area (Å²) in [4.78, 5) is 9.98. The number of rotatable bonds is 6. The number of nitro benzene ring substituents is 1. The largest absolute Gasteiger partial charge is 0.492 e. The van der Waals surface area contributed by atoms with E-state index in [2.05, 4.69) is 19.2 Å².